The fourth-order valence-corrected chi connectivity index (χ4v) is 0.820. The van der Waals surface area contributed by atoms with Crippen molar-refractivity contribution in [1.29, 1.82) is 0 Å². The van der Waals surface area contributed by atoms with Crippen molar-refractivity contribution in [1.82, 2.24) is 9.97 Å². The number of oxazole rings is 1. The van der Waals surface area contributed by atoms with Gasteiger partial charge in [-0.2, -0.15) is 0 Å². The van der Waals surface area contributed by atoms with Gasteiger partial charge in [-0.3, -0.25) is 4.98 Å². The molecular formula is C8H5N2O. The second-order valence-electron chi connectivity index (χ2n) is 2.05. The van der Waals surface area contributed by atoms with Crippen LogP contribution in [0.3, 0.4) is 0 Å². The molecule has 0 amide bonds. The zero-order chi connectivity index (χ0) is 7.52. The lowest BCUT2D eigenvalue weighted by Gasteiger charge is -1.89. The lowest BCUT2D eigenvalue weighted by molar-refractivity contribution is 0.558. The van der Waals surface area contributed by atoms with Gasteiger partial charge < -0.3 is 4.42 Å². The summed E-state index contributed by atoms with van der Waals surface area (Å²) in [6.07, 6.45) is 6.28. The Morgan fingerprint density at radius 3 is 3.09 bits per heavy atom. The largest absolute Gasteiger partial charge is 0.451 e. The van der Waals surface area contributed by atoms with E-state index in [1.54, 1.807) is 18.7 Å². The maximum Gasteiger partial charge on any atom is 0.181 e. The zero-order valence-corrected chi connectivity index (χ0v) is 5.69. The minimum Gasteiger partial charge on any atom is -0.451 e. The van der Waals surface area contributed by atoms with Gasteiger partial charge in [0.25, 0.3) is 0 Å². The maximum absolute atomic E-state index is 4.82. The first-order valence-electron chi connectivity index (χ1n) is 3.16. The fourth-order valence-electron chi connectivity index (χ4n) is 0.820. The third kappa shape index (κ3) is 1.12. The molecule has 0 aliphatic heterocycles. The van der Waals surface area contributed by atoms with E-state index in [1.165, 1.54) is 6.39 Å². The van der Waals surface area contributed by atoms with Crippen LogP contribution in [0.15, 0.2) is 35.5 Å². The molecule has 11 heavy (non-hydrogen) atoms. The van der Waals surface area contributed by atoms with Crippen molar-refractivity contribution >= 4 is 0 Å². The van der Waals surface area contributed by atoms with E-state index < -0.39 is 0 Å². The topological polar surface area (TPSA) is 38.9 Å². The quantitative estimate of drug-likeness (QED) is 0.610. The highest BCUT2D eigenvalue weighted by Crippen LogP contribution is 2.13. The summed E-state index contributed by atoms with van der Waals surface area (Å²) >= 11 is 0. The molecule has 0 unspecified atom stereocenters. The molecule has 0 bridgehead atoms. The molecule has 0 saturated carbocycles. The summed E-state index contributed by atoms with van der Waals surface area (Å²) in [5.41, 5.74) is 1.70. The summed E-state index contributed by atoms with van der Waals surface area (Å²) in [4.78, 5) is 7.86. The van der Waals surface area contributed by atoms with Gasteiger partial charge in [-0.1, -0.05) is 0 Å². The molecule has 0 aliphatic rings. The highest BCUT2D eigenvalue weighted by Gasteiger charge is 1.97. The molecule has 0 aliphatic carbocycles. The Bertz CT molecular complexity index is 315. The number of hydrogen-bond acceptors (Lipinski definition) is 3. The van der Waals surface area contributed by atoms with Crippen molar-refractivity contribution in [3.05, 3.63) is 37.2 Å². The van der Waals surface area contributed by atoms with Gasteiger partial charge in [0.15, 0.2) is 6.39 Å². The molecule has 0 aromatic carbocycles. The van der Waals surface area contributed by atoms with E-state index in [4.69, 9.17) is 4.42 Å². The van der Waals surface area contributed by atoms with Gasteiger partial charge >= 0.3 is 0 Å². The summed E-state index contributed by atoms with van der Waals surface area (Å²) in [6.45, 7) is 0. The van der Waals surface area contributed by atoms with Crippen LogP contribution in [0.2, 0.25) is 0 Å². The summed E-state index contributed by atoms with van der Waals surface area (Å²) in [5.74, 6) is 0. The Morgan fingerprint density at radius 1 is 1.45 bits per heavy atom. The summed E-state index contributed by atoms with van der Waals surface area (Å²) in [7, 11) is 0. The number of pyridine rings is 1. The Labute approximate surface area is 63.7 Å². The molecule has 2 aromatic heterocycles. The molecule has 2 aromatic rings. The smallest absolute Gasteiger partial charge is 0.181 e. The molecule has 0 saturated heterocycles. The van der Waals surface area contributed by atoms with Crippen LogP contribution >= 0.6 is 0 Å². The summed E-state index contributed by atoms with van der Waals surface area (Å²) in [5, 5.41) is 0. The molecular weight excluding hydrogens is 140 g/mol. The number of nitrogens with zero attached hydrogens (tertiary/aromatic N) is 2. The molecule has 2 rings (SSSR count). The highest BCUT2D eigenvalue weighted by atomic mass is 16.3. The van der Waals surface area contributed by atoms with Crippen molar-refractivity contribution in [2.45, 2.75) is 0 Å². The van der Waals surface area contributed by atoms with Crippen LogP contribution in [0.1, 0.15) is 0 Å². The molecule has 0 N–H and O–H groups in total. The predicted molar refractivity (Wildman–Crippen MR) is 38.6 cm³/mol. The Balaban J connectivity index is 2.46. The molecule has 1 radical (unpaired) electrons. The number of hydrogen-bond donors (Lipinski definition) is 0. The van der Waals surface area contributed by atoms with E-state index in [0.29, 0.717) is 0 Å². The fraction of sp³-hybridized carbons (Fsp3) is 0. The number of aromatic nitrogens is 2. The molecule has 2 heterocycles. The Morgan fingerprint density at radius 2 is 2.45 bits per heavy atom. The van der Waals surface area contributed by atoms with Crippen LogP contribution in [0.5, 0.6) is 0 Å². The zero-order valence-electron chi connectivity index (χ0n) is 5.69. The summed E-state index contributed by atoms with van der Waals surface area (Å²) < 4.78 is 4.82. The third-order valence-corrected chi connectivity index (χ3v) is 1.33. The van der Waals surface area contributed by atoms with Crippen LogP contribution in [-0.2, 0) is 0 Å². The SMILES string of the molecule is [c]1cncc(-c2cocn2)c1. The van der Waals surface area contributed by atoms with Gasteiger partial charge in [0.2, 0.25) is 0 Å². The van der Waals surface area contributed by atoms with Crippen LogP contribution in [0, 0.1) is 6.07 Å². The first-order chi connectivity index (χ1) is 5.47. The van der Waals surface area contributed by atoms with Crippen molar-refractivity contribution in [3.63, 3.8) is 0 Å². The van der Waals surface area contributed by atoms with E-state index >= 15 is 0 Å². The van der Waals surface area contributed by atoms with Crippen LogP contribution in [0.4, 0.5) is 0 Å². The second-order valence-corrected chi connectivity index (χ2v) is 2.05. The summed E-state index contributed by atoms with van der Waals surface area (Å²) in [6, 6.07) is 4.67. The molecule has 53 valence electrons. The van der Waals surface area contributed by atoms with E-state index in [1.807, 2.05) is 6.07 Å². The first-order valence-corrected chi connectivity index (χ1v) is 3.16. The van der Waals surface area contributed by atoms with Crippen molar-refractivity contribution in [2.75, 3.05) is 0 Å². The molecule has 3 nitrogen and oxygen atoms in total. The van der Waals surface area contributed by atoms with Crippen LogP contribution < -0.4 is 0 Å². The van der Waals surface area contributed by atoms with E-state index in [2.05, 4.69) is 16.0 Å². The Kier molecular flexibility index (Phi) is 1.41. The van der Waals surface area contributed by atoms with Crippen molar-refractivity contribution in [3.8, 4) is 11.3 Å². The van der Waals surface area contributed by atoms with Crippen LogP contribution in [0.25, 0.3) is 11.3 Å². The minimum atomic E-state index is 0.786. The van der Waals surface area contributed by atoms with Gasteiger partial charge in [-0.15, -0.1) is 0 Å². The van der Waals surface area contributed by atoms with Crippen molar-refractivity contribution in [2.24, 2.45) is 0 Å². The average Bonchev–Trinajstić information content (AvgIpc) is 2.58. The van der Waals surface area contributed by atoms with Crippen molar-refractivity contribution < 1.29 is 4.42 Å². The average molecular weight is 145 g/mol. The predicted octanol–water partition coefficient (Wildman–Crippen LogP) is 1.54. The van der Waals surface area contributed by atoms with Gasteiger partial charge in [0.05, 0.1) is 0 Å². The normalized spacial score (nSPS) is 9.82. The molecule has 0 atom stereocenters. The van der Waals surface area contributed by atoms with Gasteiger partial charge in [-0.25, -0.2) is 4.98 Å². The first kappa shape index (κ1) is 6.09. The minimum absolute atomic E-state index is 0.786. The van der Waals surface area contributed by atoms with Gasteiger partial charge in [0.1, 0.15) is 12.0 Å². The Hall–Kier alpha value is -1.64. The molecule has 0 spiro atoms. The molecule has 0 fully saturated rings. The standard InChI is InChI=1S/C8H5N2O/c1-2-7(4-9-3-1)8-5-11-6-10-8/h2-6H. The lowest BCUT2D eigenvalue weighted by atomic mass is 10.2. The van der Waals surface area contributed by atoms with E-state index in [0.717, 1.165) is 11.3 Å². The third-order valence-electron chi connectivity index (χ3n) is 1.33. The monoisotopic (exact) mass is 145 g/mol. The molecule has 3 heteroatoms. The number of rotatable bonds is 1. The second kappa shape index (κ2) is 2.54. The van der Waals surface area contributed by atoms with Gasteiger partial charge in [0, 0.05) is 24.0 Å². The van der Waals surface area contributed by atoms with Gasteiger partial charge in [-0.05, 0) is 6.07 Å². The maximum atomic E-state index is 4.82. The lowest BCUT2D eigenvalue weighted by Crippen LogP contribution is -1.77. The van der Waals surface area contributed by atoms with E-state index in [9.17, 15) is 0 Å². The van der Waals surface area contributed by atoms with Crippen LogP contribution in [-0.4, -0.2) is 9.97 Å². The van der Waals surface area contributed by atoms with E-state index in [-0.39, 0.29) is 0 Å². The highest BCUT2D eigenvalue weighted by molar-refractivity contribution is 5.55.